The summed E-state index contributed by atoms with van der Waals surface area (Å²) in [6.07, 6.45) is 1.85. The molecule has 32 heavy (non-hydrogen) atoms. The Kier molecular flexibility index (Phi) is 9.47. The van der Waals surface area contributed by atoms with E-state index in [1.54, 1.807) is 11.3 Å². The summed E-state index contributed by atoms with van der Waals surface area (Å²) in [5.41, 5.74) is 10.6. The maximum atomic E-state index is 12.9. The fraction of sp³-hybridized carbons (Fsp3) is 0.538. The molecule has 6 heteroatoms. The van der Waals surface area contributed by atoms with Crippen molar-refractivity contribution in [2.24, 2.45) is 11.7 Å². The number of hydrogen-bond acceptors (Lipinski definition) is 5. The van der Waals surface area contributed by atoms with E-state index in [9.17, 15) is 14.7 Å². The van der Waals surface area contributed by atoms with Crippen molar-refractivity contribution < 1.29 is 19.4 Å². The highest BCUT2D eigenvalue weighted by molar-refractivity contribution is 7.14. The summed E-state index contributed by atoms with van der Waals surface area (Å²) in [5.74, 6) is 1.08. The minimum absolute atomic E-state index is 0.114. The van der Waals surface area contributed by atoms with E-state index in [0.717, 1.165) is 39.3 Å². The first-order valence-corrected chi connectivity index (χ1v) is 12.1. The van der Waals surface area contributed by atoms with Crippen LogP contribution in [0.25, 0.3) is 0 Å². The Morgan fingerprint density at radius 3 is 2.28 bits per heavy atom. The molecule has 1 aromatic carbocycles. The molecule has 0 bridgehead atoms. The molecule has 5 nitrogen and oxygen atoms in total. The number of carbonyl (C=O) groups excluding carboxylic acids is 2. The van der Waals surface area contributed by atoms with Gasteiger partial charge in [0.25, 0.3) is 0 Å². The third-order valence-electron chi connectivity index (χ3n) is 5.64. The zero-order valence-corrected chi connectivity index (χ0v) is 21.0. The van der Waals surface area contributed by atoms with Gasteiger partial charge in [0.1, 0.15) is 12.4 Å². The smallest absolute Gasteiger partial charge is 0.217 e. The molecule has 0 spiro atoms. The first kappa shape index (κ1) is 26.1. The number of amides is 1. The van der Waals surface area contributed by atoms with Crippen LogP contribution >= 0.6 is 11.3 Å². The maximum absolute atomic E-state index is 12.9. The van der Waals surface area contributed by atoms with Crippen LogP contribution in [0.3, 0.4) is 0 Å². The van der Waals surface area contributed by atoms with Crippen LogP contribution in [-0.4, -0.2) is 29.5 Å². The van der Waals surface area contributed by atoms with Crippen molar-refractivity contribution >= 4 is 23.0 Å². The second-order valence-corrected chi connectivity index (χ2v) is 10.4. The van der Waals surface area contributed by atoms with E-state index in [1.165, 1.54) is 10.4 Å². The van der Waals surface area contributed by atoms with E-state index in [4.69, 9.17) is 10.5 Å². The summed E-state index contributed by atoms with van der Waals surface area (Å²) < 4.78 is 5.81. The standard InChI is InChI=1S/C26H37NO4S/c1-15(2)11-22-18(5)26(32-19(22)6)23(29)9-7-20-12-16(3)25(17(4)13-20)31-14-21(28)8-10-24(27)30/h12-13,15,21,28H,7-11,14H2,1-6H3,(H2,27,30)/t21-/m0/s1. The first-order valence-electron chi connectivity index (χ1n) is 11.3. The van der Waals surface area contributed by atoms with Gasteiger partial charge in [0.2, 0.25) is 5.91 Å². The van der Waals surface area contributed by atoms with E-state index in [1.807, 2.05) is 26.0 Å². The van der Waals surface area contributed by atoms with Gasteiger partial charge in [0, 0.05) is 17.7 Å². The average Bonchev–Trinajstić information content (AvgIpc) is 2.97. The lowest BCUT2D eigenvalue weighted by molar-refractivity contribution is -0.118. The fourth-order valence-corrected chi connectivity index (χ4v) is 5.18. The van der Waals surface area contributed by atoms with Crippen molar-refractivity contribution in [1.82, 2.24) is 0 Å². The second kappa shape index (κ2) is 11.6. The SMILES string of the molecule is Cc1cc(CCC(=O)c2sc(C)c(CC(C)C)c2C)cc(C)c1OC[C@@H](O)CCC(N)=O. The lowest BCUT2D eigenvalue weighted by atomic mass is 9.97. The number of aryl methyl sites for hydroxylation is 4. The molecule has 0 fully saturated rings. The number of rotatable bonds is 12. The maximum Gasteiger partial charge on any atom is 0.217 e. The molecule has 2 rings (SSSR count). The Bertz CT molecular complexity index is 938. The van der Waals surface area contributed by atoms with E-state index < -0.39 is 12.0 Å². The zero-order valence-electron chi connectivity index (χ0n) is 20.2. The third kappa shape index (κ3) is 7.17. The number of ether oxygens (including phenoxy) is 1. The van der Waals surface area contributed by atoms with Gasteiger partial charge in [-0.25, -0.2) is 0 Å². The Balaban J connectivity index is 2.01. The number of hydrogen-bond donors (Lipinski definition) is 2. The van der Waals surface area contributed by atoms with Gasteiger partial charge in [0.15, 0.2) is 5.78 Å². The van der Waals surface area contributed by atoms with E-state index in [2.05, 4.69) is 27.7 Å². The lowest BCUT2D eigenvalue weighted by Crippen LogP contribution is -2.21. The predicted molar refractivity (Wildman–Crippen MR) is 131 cm³/mol. The van der Waals surface area contributed by atoms with Crippen LogP contribution in [0.1, 0.15) is 75.5 Å². The Labute approximate surface area is 196 Å². The topological polar surface area (TPSA) is 89.6 Å². The number of aliphatic hydroxyl groups is 1. The molecular weight excluding hydrogens is 422 g/mol. The quantitative estimate of drug-likeness (QED) is 0.437. The van der Waals surface area contributed by atoms with Crippen LogP contribution in [0.15, 0.2) is 12.1 Å². The number of benzene rings is 1. The Hall–Kier alpha value is -2.18. The molecule has 0 aliphatic rings. The second-order valence-electron chi connectivity index (χ2n) is 9.14. The van der Waals surface area contributed by atoms with E-state index in [-0.39, 0.29) is 25.2 Å². The highest BCUT2D eigenvalue weighted by atomic mass is 32.1. The highest BCUT2D eigenvalue weighted by Crippen LogP contribution is 2.31. The fourth-order valence-electron chi connectivity index (χ4n) is 4.02. The predicted octanol–water partition coefficient (Wildman–Crippen LogP) is 5.00. The summed E-state index contributed by atoms with van der Waals surface area (Å²) in [5, 5.41) is 9.97. The van der Waals surface area contributed by atoms with Crippen molar-refractivity contribution in [3.05, 3.63) is 49.7 Å². The molecule has 1 atom stereocenters. The van der Waals surface area contributed by atoms with Crippen LogP contribution in [0.5, 0.6) is 5.75 Å². The van der Waals surface area contributed by atoms with Gasteiger partial charge in [-0.1, -0.05) is 26.0 Å². The van der Waals surface area contributed by atoms with Gasteiger partial charge >= 0.3 is 0 Å². The van der Waals surface area contributed by atoms with Gasteiger partial charge in [-0.05, 0) is 80.7 Å². The molecule has 176 valence electrons. The number of primary amides is 1. The highest BCUT2D eigenvalue weighted by Gasteiger charge is 2.19. The molecule has 0 unspecified atom stereocenters. The molecule has 1 aromatic heterocycles. The number of Topliss-reactive ketones (excluding diaryl/α,β-unsaturated/α-hetero) is 1. The number of thiophene rings is 1. The third-order valence-corrected chi connectivity index (χ3v) is 6.93. The largest absolute Gasteiger partial charge is 0.490 e. The van der Waals surface area contributed by atoms with E-state index in [0.29, 0.717) is 18.8 Å². The normalized spacial score (nSPS) is 12.2. The number of nitrogens with two attached hydrogens (primary N) is 1. The summed E-state index contributed by atoms with van der Waals surface area (Å²) in [4.78, 5) is 25.9. The molecule has 2 aromatic rings. The molecular formula is C26H37NO4S. The summed E-state index contributed by atoms with van der Waals surface area (Å²) in [7, 11) is 0. The number of ketones is 1. The molecule has 0 aliphatic carbocycles. The van der Waals surface area contributed by atoms with Gasteiger partial charge in [-0.2, -0.15) is 0 Å². The van der Waals surface area contributed by atoms with Crippen molar-refractivity contribution in [3.63, 3.8) is 0 Å². The summed E-state index contributed by atoms with van der Waals surface area (Å²) >= 11 is 1.63. The minimum atomic E-state index is -0.739. The monoisotopic (exact) mass is 459 g/mol. The first-order chi connectivity index (χ1) is 15.0. The summed E-state index contributed by atoms with van der Waals surface area (Å²) in [6, 6.07) is 4.09. The van der Waals surface area contributed by atoms with Crippen LogP contribution < -0.4 is 10.5 Å². The van der Waals surface area contributed by atoms with Gasteiger partial charge in [-0.3, -0.25) is 9.59 Å². The van der Waals surface area contributed by atoms with Crippen molar-refractivity contribution in [1.29, 1.82) is 0 Å². The number of carbonyl (C=O) groups is 2. The van der Waals surface area contributed by atoms with Crippen molar-refractivity contribution in [3.8, 4) is 5.75 Å². The summed E-state index contributed by atoms with van der Waals surface area (Å²) in [6.45, 7) is 12.6. The van der Waals surface area contributed by atoms with Gasteiger partial charge in [-0.15, -0.1) is 11.3 Å². The number of aliphatic hydroxyl groups excluding tert-OH is 1. The molecule has 0 aliphatic heterocycles. The zero-order chi connectivity index (χ0) is 24.0. The molecule has 0 saturated heterocycles. The van der Waals surface area contributed by atoms with Crippen LogP contribution in [0, 0.1) is 33.6 Å². The molecule has 1 heterocycles. The van der Waals surface area contributed by atoms with Gasteiger partial charge < -0.3 is 15.6 Å². The molecule has 1 amide bonds. The minimum Gasteiger partial charge on any atom is -0.490 e. The van der Waals surface area contributed by atoms with Crippen LogP contribution in [0.2, 0.25) is 0 Å². The van der Waals surface area contributed by atoms with Crippen molar-refractivity contribution in [2.75, 3.05) is 6.61 Å². The van der Waals surface area contributed by atoms with E-state index >= 15 is 0 Å². The molecule has 0 radical (unpaired) electrons. The Morgan fingerprint density at radius 1 is 1.09 bits per heavy atom. The lowest BCUT2D eigenvalue weighted by Gasteiger charge is -2.16. The van der Waals surface area contributed by atoms with Gasteiger partial charge in [0.05, 0.1) is 11.0 Å². The van der Waals surface area contributed by atoms with Crippen molar-refractivity contribution in [2.45, 2.75) is 79.8 Å². The van der Waals surface area contributed by atoms with Crippen LogP contribution in [0.4, 0.5) is 0 Å². The Morgan fingerprint density at radius 2 is 1.72 bits per heavy atom. The average molecular weight is 460 g/mol. The molecule has 0 saturated carbocycles. The van der Waals surface area contributed by atoms with Crippen LogP contribution in [-0.2, 0) is 17.6 Å². The molecule has 3 N–H and O–H groups in total.